The first-order valence-electron chi connectivity index (χ1n) is 5.98. The smallest absolute Gasteiger partial charge is 0.0667 e. The molecule has 0 spiro atoms. The molecular formula is C13H19ClN2O. The Morgan fingerprint density at radius 2 is 2.24 bits per heavy atom. The van der Waals surface area contributed by atoms with Gasteiger partial charge in [-0.2, -0.15) is 0 Å². The van der Waals surface area contributed by atoms with Crippen molar-refractivity contribution in [1.82, 2.24) is 0 Å². The Morgan fingerprint density at radius 3 is 2.82 bits per heavy atom. The number of ether oxygens (including phenoxy) is 1. The highest BCUT2D eigenvalue weighted by Gasteiger charge is 2.14. The largest absolute Gasteiger partial charge is 0.380 e. The van der Waals surface area contributed by atoms with Gasteiger partial charge in [0.05, 0.1) is 17.3 Å². The highest BCUT2D eigenvalue weighted by Crippen LogP contribution is 2.28. The summed E-state index contributed by atoms with van der Waals surface area (Å²) in [4.78, 5) is 2.01. The third-order valence-electron chi connectivity index (χ3n) is 2.96. The van der Waals surface area contributed by atoms with E-state index in [-0.39, 0.29) is 0 Å². The van der Waals surface area contributed by atoms with Crippen LogP contribution in [0.4, 0.5) is 11.4 Å². The molecule has 1 fully saturated rings. The highest BCUT2D eigenvalue weighted by atomic mass is 35.5. The lowest BCUT2D eigenvalue weighted by Gasteiger charge is -2.24. The monoisotopic (exact) mass is 254 g/mol. The summed E-state index contributed by atoms with van der Waals surface area (Å²) >= 11 is 6.23. The maximum atomic E-state index is 6.23. The molecule has 0 radical (unpaired) electrons. The van der Waals surface area contributed by atoms with Crippen molar-refractivity contribution < 1.29 is 4.74 Å². The molecule has 0 saturated carbocycles. The average Bonchev–Trinajstić information content (AvgIpc) is 2.30. The second-order valence-corrected chi connectivity index (χ2v) is 5.03. The van der Waals surface area contributed by atoms with E-state index < -0.39 is 0 Å². The second-order valence-electron chi connectivity index (χ2n) is 4.62. The Kier molecular flexibility index (Phi) is 4.13. The third kappa shape index (κ3) is 3.27. The standard InChI is InChI=1S/C13H19ClN2O/c1-16(2)13-6-5-10(8-12(13)14)15-11-4-3-7-17-9-11/h5-6,8,11,15H,3-4,7,9H2,1-2H3. The van der Waals surface area contributed by atoms with Crippen LogP contribution in [0.2, 0.25) is 5.02 Å². The number of anilines is 2. The molecule has 2 rings (SSSR count). The molecule has 1 aliphatic heterocycles. The van der Waals surface area contributed by atoms with Gasteiger partial charge in [-0.3, -0.25) is 0 Å². The fraction of sp³-hybridized carbons (Fsp3) is 0.538. The minimum atomic E-state index is 0.407. The van der Waals surface area contributed by atoms with Crippen molar-refractivity contribution in [3.05, 3.63) is 23.2 Å². The molecule has 0 aliphatic carbocycles. The summed E-state index contributed by atoms with van der Waals surface area (Å²) in [5.41, 5.74) is 2.10. The van der Waals surface area contributed by atoms with E-state index >= 15 is 0 Å². The van der Waals surface area contributed by atoms with Crippen molar-refractivity contribution in [2.45, 2.75) is 18.9 Å². The van der Waals surface area contributed by atoms with Crippen LogP contribution in [0.1, 0.15) is 12.8 Å². The Labute approximate surface area is 108 Å². The van der Waals surface area contributed by atoms with E-state index in [2.05, 4.69) is 11.4 Å². The Hall–Kier alpha value is -0.930. The molecule has 1 N–H and O–H groups in total. The zero-order valence-corrected chi connectivity index (χ0v) is 11.1. The number of benzene rings is 1. The predicted octanol–water partition coefficient (Wildman–Crippen LogP) is 3.00. The van der Waals surface area contributed by atoms with Gasteiger partial charge in [0.15, 0.2) is 0 Å². The molecule has 1 unspecified atom stereocenters. The topological polar surface area (TPSA) is 24.5 Å². The summed E-state index contributed by atoms with van der Waals surface area (Å²) in [5.74, 6) is 0. The Bertz CT molecular complexity index is 376. The first-order valence-corrected chi connectivity index (χ1v) is 6.36. The summed E-state index contributed by atoms with van der Waals surface area (Å²) in [6.45, 7) is 1.67. The van der Waals surface area contributed by atoms with E-state index in [0.717, 1.165) is 42.5 Å². The van der Waals surface area contributed by atoms with Crippen molar-refractivity contribution in [3.63, 3.8) is 0 Å². The maximum Gasteiger partial charge on any atom is 0.0667 e. The summed E-state index contributed by atoms with van der Waals surface area (Å²) in [6.07, 6.45) is 2.29. The molecule has 3 nitrogen and oxygen atoms in total. The third-order valence-corrected chi connectivity index (χ3v) is 3.26. The number of rotatable bonds is 3. The molecule has 1 aromatic carbocycles. The first kappa shape index (κ1) is 12.5. The zero-order chi connectivity index (χ0) is 12.3. The maximum absolute atomic E-state index is 6.23. The molecule has 1 saturated heterocycles. The zero-order valence-electron chi connectivity index (χ0n) is 10.4. The van der Waals surface area contributed by atoms with Gasteiger partial charge < -0.3 is 15.0 Å². The minimum Gasteiger partial charge on any atom is -0.380 e. The van der Waals surface area contributed by atoms with Crippen LogP contribution in [0.3, 0.4) is 0 Å². The van der Waals surface area contributed by atoms with Gasteiger partial charge in [0.2, 0.25) is 0 Å². The minimum absolute atomic E-state index is 0.407. The lowest BCUT2D eigenvalue weighted by atomic mass is 10.1. The van der Waals surface area contributed by atoms with E-state index in [1.165, 1.54) is 0 Å². The van der Waals surface area contributed by atoms with Crippen molar-refractivity contribution in [2.24, 2.45) is 0 Å². The van der Waals surface area contributed by atoms with Crippen LogP contribution in [0, 0.1) is 0 Å². The number of halogens is 1. The lowest BCUT2D eigenvalue weighted by Crippen LogP contribution is -2.29. The summed E-state index contributed by atoms with van der Waals surface area (Å²) in [7, 11) is 3.98. The fourth-order valence-corrected chi connectivity index (χ4v) is 2.40. The molecular weight excluding hydrogens is 236 g/mol. The predicted molar refractivity (Wildman–Crippen MR) is 73.2 cm³/mol. The normalized spacial score (nSPS) is 20.1. The van der Waals surface area contributed by atoms with Crippen LogP contribution in [-0.2, 0) is 4.74 Å². The van der Waals surface area contributed by atoms with Gasteiger partial charge in [0, 0.05) is 32.4 Å². The fourth-order valence-electron chi connectivity index (χ4n) is 2.05. The van der Waals surface area contributed by atoms with Crippen LogP contribution in [0.25, 0.3) is 0 Å². The van der Waals surface area contributed by atoms with Gasteiger partial charge in [-0.05, 0) is 31.0 Å². The van der Waals surface area contributed by atoms with Crippen molar-refractivity contribution in [2.75, 3.05) is 37.5 Å². The van der Waals surface area contributed by atoms with Gasteiger partial charge in [0.1, 0.15) is 0 Å². The van der Waals surface area contributed by atoms with Gasteiger partial charge in [-0.1, -0.05) is 11.6 Å². The van der Waals surface area contributed by atoms with Crippen LogP contribution in [0.5, 0.6) is 0 Å². The van der Waals surface area contributed by atoms with Crippen LogP contribution < -0.4 is 10.2 Å². The van der Waals surface area contributed by atoms with E-state index in [4.69, 9.17) is 16.3 Å². The van der Waals surface area contributed by atoms with Crippen molar-refractivity contribution in [3.8, 4) is 0 Å². The van der Waals surface area contributed by atoms with Gasteiger partial charge in [-0.25, -0.2) is 0 Å². The number of nitrogens with zero attached hydrogens (tertiary/aromatic N) is 1. The molecule has 0 aromatic heterocycles. The van der Waals surface area contributed by atoms with Gasteiger partial charge >= 0.3 is 0 Å². The van der Waals surface area contributed by atoms with E-state index in [0.29, 0.717) is 6.04 Å². The van der Waals surface area contributed by atoms with E-state index in [1.807, 2.05) is 31.1 Å². The number of nitrogens with one attached hydrogen (secondary N) is 1. The number of hydrogen-bond donors (Lipinski definition) is 1. The number of hydrogen-bond acceptors (Lipinski definition) is 3. The molecule has 1 atom stereocenters. The molecule has 0 amide bonds. The van der Waals surface area contributed by atoms with Crippen molar-refractivity contribution >= 4 is 23.0 Å². The molecule has 4 heteroatoms. The second kappa shape index (κ2) is 5.61. The first-order chi connectivity index (χ1) is 8.16. The molecule has 1 aromatic rings. The molecule has 17 heavy (non-hydrogen) atoms. The summed E-state index contributed by atoms with van der Waals surface area (Å²) < 4.78 is 5.44. The van der Waals surface area contributed by atoms with Crippen LogP contribution in [0.15, 0.2) is 18.2 Å². The Balaban J connectivity index is 2.04. The van der Waals surface area contributed by atoms with Crippen molar-refractivity contribution in [1.29, 1.82) is 0 Å². The van der Waals surface area contributed by atoms with Crippen LogP contribution in [-0.4, -0.2) is 33.4 Å². The van der Waals surface area contributed by atoms with E-state index in [9.17, 15) is 0 Å². The summed E-state index contributed by atoms with van der Waals surface area (Å²) in [6, 6.07) is 6.49. The molecule has 94 valence electrons. The van der Waals surface area contributed by atoms with Gasteiger partial charge in [-0.15, -0.1) is 0 Å². The van der Waals surface area contributed by atoms with Gasteiger partial charge in [0.25, 0.3) is 0 Å². The quantitative estimate of drug-likeness (QED) is 0.898. The highest BCUT2D eigenvalue weighted by molar-refractivity contribution is 6.33. The Morgan fingerprint density at radius 1 is 1.41 bits per heavy atom. The lowest BCUT2D eigenvalue weighted by molar-refractivity contribution is 0.0876. The molecule has 1 heterocycles. The average molecular weight is 255 g/mol. The van der Waals surface area contributed by atoms with Crippen LogP contribution >= 0.6 is 11.6 Å². The molecule has 1 aliphatic rings. The SMILES string of the molecule is CN(C)c1ccc(NC2CCCOC2)cc1Cl. The van der Waals surface area contributed by atoms with E-state index in [1.54, 1.807) is 0 Å². The summed E-state index contributed by atoms with van der Waals surface area (Å²) in [5, 5.41) is 4.23. The molecule has 0 bridgehead atoms.